The molecule has 1 N–H and O–H groups in total. The van der Waals surface area contributed by atoms with Crippen molar-refractivity contribution in [3.8, 4) is 0 Å². The van der Waals surface area contributed by atoms with Gasteiger partial charge >= 0.3 is 5.51 Å². The molecule has 0 spiro atoms. The second-order valence-electron chi connectivity index (χ2n) is 5.21. The lowest BCUT2D eigenvalue weighted by atomic mass is 10.00. The number of piperazine rings is 1. The van der Waals surface area contributed by atoms with Crippen LogP contribution in [0.5, 0.6) is 0 Å². The monoisotopic (exact) mass is 354 g/mol. The fraction of sp³-hybridized carbons (Fsp3) is 0.600. The number of hydrogen-bond donors (Lipinski definition) is 1. The van der Waals surface area contributed by atoms with E-state index in [1.54, 1.807) is 12.1 Å². The molecule has 1 saturated heterocycles. The van der Waals surface area contributed by atoms with Gasteiger partial charge in [-0.15, -0.1) is 12.4 Å². The lowest BCUT2D eigenvalue weighted by Gasteiger charge is -2.35. The van der Waals surface area contributed by atoms with E-state index in [9.17, 15) is 13.2 Å². The van der Waals surface area contributed by atoms with Crippen LogP contribution < -0.4 is 5.32 Å². The highest BCUT2D eigenvalue weighted by atomic mass is 35.5. The predicted molar refractivity (Wildman–Crippen MR) is 87.7 cm³/mol. The topological polar surface area (TPSA) is 15.3 Å². The maximum atomic E-state index is 12.4. The highest BCUT2D eigenvalue weighted by Gasteiger charge is 2.29. The fourth-order valence-corrected chi connectivity index (χ4v) is 3.26. The standard InChI is InChI=1S/C15H21F3N2S.ClH/c1-2-3-14(20-10-8-19-9-11-20)12-4-6-13(7-5-12)21-15(16,17)18;/h4-7,14,19H,2-3,8-11H2,1H3;1H/t14-;/m0./s1. The highest BCUT2D eigenvalue weighted by molar-refractivity contribution is 8.00. The van der Waals surface area contributed by atoms with E-state index >= 15 is 0 Å². The van der Waals surface area contributed by atoms with Crippen molar-refractivity contribution in [2.24, 2.45) is 0 Å². The molecule has 1 aliphatic rings. The molecule has 1 fully saturated rings. The quantitative estimate of drug-likeness (QED) is 0.785. The van der Waals surface area contributed by atoms with Crippen molar-refractivity contribution in [1.29, 1.82) is 0 Å². The molecule has 1 aromatic rings. The van der Waals surface area contributed by atoms with Crippen LogP contribution in [0.1, 0.15) is 31.4 Å². The van der Waals surface area contributed by atoms with E-state index in [-0.39, 0.29) is 29.1 Å². The zero-order valence-corrected chi connectivity index (χ0v) is 14.2. The molecule has 0 unspecified atom stereocenters. The van der Waals surface area contributed by atoms with Crippen LogP contribution in [0.25, 0.3) is 0 Å². The van der Waals surface area contributed by atoms with Crippen molar-refractivity contribution in [3.05, 3.63) is 29.8 Å². The van der Waals surface area contributed by atoms with Gasteiger partial charge in [-0.1, -0.05) is 25.5 Å². The summed E-state index contributed by atoms with van der Waals surface area (Å²) in [7, 11) is 0. The summed E-state index contributed by atoms with van der Waals surface area (Å²) in [6, 6.07) is 7.16. The third-order valence-corrected chi connectivity index (χ3v) is 4.39. The van der Waals surface area contributed by atoms with Gasteiger partial charge in [0.25, 0.3) is 0 Å². The van der Waals surface area contributed by atoms with Gasteiger partial charge in [0, 0.05) is 37.1 Å². The minimum Gasteiger partial charge on any atom is -0.314 e. The minimum atomic E-state index is -4.22. The van der Waals surface area contributed by atoms with E-state index < -0.39 is 5.51 Å². The van der Waals surface area contributed by atoms with E-state index in [0.717, 1.165) is 44.6 Å². The molecule has 7 heteroatoms. The first-order chi connectivity index (χ1) is 9.99. The molecule has 126 valence electrons. The zero-order chi connectivity index (χ0) is 15.3. The predicted octanol–water partition coefficient (Wildman–Crippen LogP) is 4.47. The summed E-state index contributed by atoms with van der Waals surface area (Å²) in [5, 5.41) is 3.33. The van der Waals surface area contributed by atoms with Gasteiger partial charge in [0.2, 0.25) is 0 Å². The van der Waals surface area contributed by atoms with Crippen molar-refractivity contribution in [2.75, 3.05) is 26.2 Å². The second-order valence-corrected chi connectivity index (χ2v) is 6.35. The van der Waals surface area contributed by atoms with Crippen LogP contribution in [-0.2, 0) is 0 Å². The molecule has 0 amide bonds. The van der Waals surface area contributed by atoms with Gasteiger partial charge in [0.15, 0.2) is 0 Å². The molecule has 1 aliphatic heterocycles. The molecule has 0 saturated carbocycles. The normalized spacial score (nSPS) is 17.8. The largest absolute Gasteiger partial charge is 0.446 e. The fourth-order valence-electron chi connectivity index (χ4n) is 2.72. The Balaban J connectivity index is 0.00000242. The van der Waals surface area contributed by atoms with Gasteiger partial charge in [0.1, 0.15) is 0 Å². The molecule has 0 aromatic heterocycles. The Kier molecular flexibility index (Phi) is 8.03. The average Bonchev–Trinajstić information content (AvgIpc) is 2.45. The number of nitrogens with zero attached hydrogens (tertiary/aromatic N) is 1. The Labute approximate surface area is 140 Å². The van der Waals surface area contributed by atoms with Gasteiger partial charge in [-0.05, 0) is 35.9 Å². The van der Waals surface area contributed by atoms with Crippen LogP contribution >= 0.6 is 24.2 Å². The summed E-state index contributed by atoms with van der Waals surface area (Å²) in [6.07, 6.45) is 2.10. The summed E-state index contributed by atoms with van der Waals surface area (Å²) in [5.41, 5.74) is -3.10. The Morgan fingerprint density at radius 3 is 2.27 bits per heavy atom. The molecular formula is C15H22ClF3N2S. The van der Waals surface area contributed by atoms with Gasteiger partial charge in [-0.25, -0.2) is 0 Å². The van der Waals surface area contributed by atoms with E-state index in [1.807, 2.05) is 12.1 Å². The summed E-state index contributed by atoms with van der Waals surface area (Å²) in [6.45, 7) is 6.07. The number of benzene rings is 1. The van der Waals surface area contributed by atoms with Crippen molar-refractivity contribution < 1.29 is 13.2 Å². The number of halogens is 4. The van der Waals surface area contributed by atoms with Crippen LogP contribution in [0, 0.1) is 0 Å². The van der Waals surface area contributed by atoms with Crippen molar-refractivity contribution in [3.63, 3.8) is 0 Å². The van der Waals surface area contributed by atoms with Gasteiger partial charge in [-0.2, -0.15) is 13.2 Å². The summed E-state index contributed by atoms with van der Waals surface area (Å²) in [4.78, 5) is 2.67. The first-order valence-electron chi connectivity index (χ1n) is 7.30. The van der Waals surface area contributed by atoms with Crippen molar-refractivity contribution in [2.45, 2.75) is 36.2 Å². The Bertz CT molecular complexity index is 433. The van der Waals surface area contributed by atoms with Gasteiger partial charge in [0.05, 0.1) is 0 Å². The summed E-state index contributed by atoms with van der Waals surface area (Å²) < 4.78 is 37.1. The maximum Gasteiger partial charge on any atom is 0.446 e. The highest BCUT2D eigenvalue weighted by Crippen LogP contribution is 2.37. The number of alkyl halides is 3. The SMILES string of the molecule is CCC[C@@H](c1ccc(SC(F)(F)F)cc1)N1CCNCC1.Cl. The van der Waals surface area contributed by atoms with E-state index in [4.69, 9.17) is 0 Å². The van der Waals surface area contributed by atoms with Gasteiger partial charge < -0.3 is 5.32 Å². The molecule has 1 aromatic carbocycles. The third-order valence-electron chi connectivity index (χ3n) is 3.65. The molecule has 1 heterocycles. The molecular weight excluding hydrogens is 333 g/mol. The summed E-state index contributed by atoms with van der Waals surface area (Å²) in [5.74, 6) is 0. The van der Waals surface area contributed by atoms with Crippen LogP contribution in [0.15, 0.2) is 29.2 Å². The molecule has 0 radical (unpaired) electrons. The summed E-state index contributed by atoms with van der Waals surface area (Å²) >= 11 is -0.0535. The number of thioether (sulfide) groups is 1. The van der Waals surface area contributed by atoms with Crippen LogP contribution in [0.3, 0.4) is 0 Å². The van der Waals surface area contributed by atoms with Crippen LogP contribution in [0.2, 0.25) is 0 Å². The Morgan fingerprint density at radius 2 is 1.77 bits per heavy atom. The number of hydrogen-bond acceptors (Lipinski definition) is 3. The second kappa shape index (κ2) is 9.01. The smallest absolute Gasteiger partial charge is 0.314 e. The maximum absolute atomic E-state index is 12.4. The Morgan fingerprint density at radius 1 is 1.18 bits per heavy atom. The zero-order valence-electron chi connectivity index (χ0n) is 12.5. The lowest BCUT2D eigenvalue weighted by molar-refractivity contribution is -0.0328. The van der Waals surface area contributed by atoms with E-state index in [0.29, 0.717) is 6.04 Å². The van der Waals surface area contributed by atoms with Crippen molar-refractivity contribution in [1.82, 2.24) is 10.2 Å². The number of rotatable bonds is 5. The van der Waals surface area contributed by atoms with E-state index in [1.165, 1.54) is 0 Å². The van der Waals surface area contributed by atoms with Crippen LogP contribution in [-0.4, -0.2) is 36.6 Å². The van der Waals surface area contributed by atoms with E-state index in [2.05, 4.69) is 17.1 Å². The molecule has 0 bridgehead atoms. The molecule has 0 aliphatic carbocycles. The first-order valence-corrected chi connectivity index (χ1v) is 8.11. The first kappa shape index (κ1) is 19.6. The molecule has 2 nitrogen and oxygen atoms in total. The van der Waals surface area contributed by atoms with Crippen LogP contribution in [0.4, 0.5) is 13.2 Å². The minimum absolute atomic E-state index is 0. The molecule has 22 heavy (non-hydrogen) atoms. The average molecular weight is 355 g/mol. The molecule has 2 rings (SSSR count). The Hall–Kier alpha value is -0.430. The lowest BCUT2D eigenvalue weighted by Crippen LogP contribution is -2.45. The van der Waals surface area contributed by atoms with Crippen molar-refractivity contribution >= 4 is 24.2 Å². The van der Waals surface area contributed by atoms with Gasteiger partial charge in [-0.3, -0.25) is 4.90 Å². The molecule has 1 atom stereocenters. The number of nitrogens with one attached hydrogen (secondary N) is 1. The third kappa shape index (κ3) is 5.99.